The van der Waals surface area contributed by atoms with Crippen LogP contribution in [0.25, 0.3) is 0 Å². The van der Waals surface area contributed by atoms with Crippen LogP contribution in [-0.4, -0.2) is 34.5 Å². The van der Waals surface area contributed by atoms with Crippen molar-refractivity contribution in [1.29, 1.82) is 0 Å². The molecule has 0 aliphatic carbocycles. The van der Waals surface area contributed by atoms with Crippen LogP contribution in [0.15, 0.2) is 24.3 Å². The summed E-state index contributed by atoms with van der Waals surface area (Å²) in [6.45, 7) is 5.03. The Labute approximate surface area is 119 Å². The molecule has 4 nitrogen and oxygen atoms in total. The van der Waals surface area contributed by atoms with Crippen molar-refractivity contribution in [1.82, 2.24) is 4.90 Å². The Balaban J connectivity index is 2.14. The van der Waals surface area contributed by atoms with Crippen molar-refractivity contribution in [2.45, 2.75) is 39.2 Å². The van der Waals surface area contributed by atoms with Crippen LogP contribution in [0.1, 0.15) is 42.6 Å². The third-order valence-electron chi connectivity index (χ3n) is 4.00. The highest BCUT2D eigenvalue weighted by Crippen LogP contribution is 2.26. The summed E-state index contributed by atoms with van der Waals surface area (Å²) in [4.78, 5) is 25.5. The molecule has 108 valence electrons. The van der Waals surface area contributed by atoms with Crippen molar-refractivity contribution in [3.8, 4) is 0 Å². The second-order valence-corrected chi connectivity index (χ2v) is 5.59. The number of nitrogens with zero attached hydrogens (tertiary/aromatic N) is 1. The van der Waals surface area contributed by atoms with Gasteiger partial charge in [-0.25, -0.2) is 4.79 Å². The lowest BCUT2D eigenvalue weighted by Crippen LogP contribution is -2.36. The second-order valence-electron chi connectivity index (χ2n) is 5.59. The summed E-state index contributed by atoms with van der Waals surface area (Å²) in [6.07, 6.45) is 2.17. The van der Waals surface area contributed by atoms with E-state index in [0.29, 0.717) is 17.5 Å². The molecule has 2 unspecified atom stereocenters. The van der Waals surface area contributed by atoms with E-state index in [1.807, 2.05) is 4.90 Å². The average molecular weight is 275 g/mol. The Morgan fingerprint density at radius 2 is 2.05 bits per heavy atom. The molecule has 2 atom stereocenters. The first kappa shape index (κ1) is 14.6. The molecule has 0 saturated carbocycles. The van der Waals surface area contributed by atoms with Gasteiger partial charge in [-0.3, -0.25) is 4.79 Å². The molecule has 0 radical (unpaired) electrons. The molecule has 1 aliphatic heterocycles. The molecule has 1 aromatic rings. The number of amides is 1. The molecule has 4 heteroatoms. The summed E-state index contributed by atoms with van der Waals surface area (Å²) in [5, 5.41) is 9.16. The van der Waals surface area contributed by atoms with Crippen molar-refractivity contribution in [2.75, 3.05) is 6.54 Å². The Bertz CT molecular complexity index is 512. The van der Waals surface area contributed by atoms with E-state index in [0.717, 1.165) is 19.4 Å². The van der Waals surface area contributed by atoms with E-state index in [2.05, 4.69) is 13.8 Å². The molecular formula is C16H21NO3. The number of carbonyl (C=O) groups excluding carboxylic acids is 1. The topological polar surface area (TPSA) is 57.6 Å². The molecule has 1 N–H and O–H groups in total. The molecular weight excluding hydrogens is 254 g/mol. The van der Waals surface area contributed by atoms with Crippen LogP contribution in [0.3, 0.4) is 0 Å². The van der Waals surface area contributed by atoms with E-state index < -0.39 is 5.97 Å². The maximum atomic E-state index is 12.4. The number of carboxylic acid groups (broad SMARTS) is 1. The third-order valence-corrected chi connectivity index (χ3v) is 4.00. The summed E-state index contributed by atoms with van der Waals surface area (Å²) >= 11 is 0. The standard InChI is InChI=1S/C16H21NO3/c1-3-13-8-11(2)10-17(13)15(18)9-12-6-4-5-7-14(12)16(19)20/h4-7,11,13H,3,8-10H2,1-2H3,(H,19,20). The largest absolute Gasteiger partial charge is 0.478 e. The molecule has 1 fully saturated rings. The van der Waals surface area contributed by atoms with Gasteiger partial charge in [0.05, 0.1) is 12.0 Å². The smallest absolute Gasteiger partial charge is 0.335 e. The number of benzene rings is 1. The van der Waals surface area contributed by atoms with Crippen molar-refractivity contribution in [3.63, 3.8) is 0 Å². The number of hydrogen-bond donors (Lipinski definition) is 1. The van der Waals surface area contributed by atoms with Gasteiger partial charge in [0.25, 0.3) is 0 Å². The van der Waals surface area contributed by atoms with Crippen LogP contribution in [0.4, 0.5) is 0 Å². The summed E-state index contributed by atoms with van der Waals surface area (Å²) in [6, 6.07) is 7.04. The highest BCUT2D eigenvalue weighted by atomic mass is 16.4. The first-order chi connectivity index (χ1) is 9.52. The maximum absolute atomic E-state index is 12.4. The predicted octanol–water partition coefficient (Wildman–Crippen LogP) is 2.57. The Kier molecular flexibility index (Phi) is 4.42. The Morgan fingerprint density at radius 3 is 2.70 bits per heavy atom. The fourth-order valence-electron chi connectivity index (χ4n) is 2.99. The Hall–Kier alpha value is -1.84. The first-order valence-corrected chi connectivity index (χ1v) is 7.13. The van der Waals surface area contributed by atoms with Crippen LogP contribution in [0.2, 0.25) is 0 Å². The van der Waals surface area contributed by atoms with Crippen LogP contribution in [0, 0.1) is 5.92 Å². The van der Waals surface area contributed by atoms with Gasteiger partial charge in [-0.1, -0.05) is 32.0 Å². The van der Waals surface area contributed by atoms with Gasteiger partial charge in [0.2, 0.25) is 5.91 Å². The van der Waals surface area contributed by atoms with Crippen LogP contribution in [0.5, 0.6) is 0 Å². The number of hydrogen-bond acceptors (Lipinski definition) is 2. The molecule has 2 rings (SSSR count). The fraction of sp³-hybridized carbons (Fsp3) is 0.500. The van der Waals surface area contributed by atoms with Gasteiger partial charge in [0.1, 0.15) is 0 Å². The van der Waals surface area contributed by atoms with Crippen LogP contribution in [-0.2, 0) is 11.2 Å². The minimum Gasteiger partial charge on any atom is -0.478 e. The lowest BCUT2D eigenvalue weighted by atomic mass is 10.0. The van der Waals surface area contributed by atoms with Gasteiger partial charge in [-0.15, -0.1) is 0 Å². The van der Waals surface area contributed by atoms with Gasteiger partial charge in [-0.05, 0) is 30.4 Å². The second kappa shape index (κ2) is 6.07. The average Bonchev–Trinajstić information content (AvgIpc) is 2.80. The van der Waals surface area contributed by atoms with Crippen molar-refractivity contribution in [2.24, 2.45) is 5.92 Å². The number of carboxylic acids is 1. The highest BCUT2D eigenvalue weighted by Gasteiger charge is 2.31. The van der Waals surface area contributed by atoms with E-state index in [9.17, 15) is 9.59 Å². The number of rotatable bonds is 4. The Morgan fingerprint density at radius 1 is 1.35 bits per heavy atom. The monoisotopic (exact) mass is 275 g/mol. The fourth-order valence-corrected chi connectivity index (χ4v) is 2.99. The maximum Gasteiger partial charge on any atom is 0.335 e. The van der Waals surface area contributed by atoms with Crippen LogP contribution < -0.4 is 0 Å². The number of carbonyl (C=O) groups is 2. The number of aromatic carboxylic acids is 1. The van der Waals surface area contributed by atoms with Gasteiger partial charge >= 0.3 is 5.97 Å². The number of likely N-dealkylation sites (tertiary alicyclic amines) is 1. The van der Waals surface area contributed by atoms with Crippen molar-refractivity contribution < 1.29 is 14.7 Å². The van der Waals surface area contributed by atoms with E-state index in [4.69, 9.17) is 5.11 Å². The highest BCUT2D eigenvalue weighted by molar-refractivity contribution is 5.91. The molecule has 1 amide bonds. The minimum absolute atomic E-state index is 0.0369. The summed E-state index contributed by atoms with van der Waals surface area (Å²) in [5.74, 6) is -0.413. The van der Waals surface area contributed by atoms with E-state index in [-0.39, 0.29) is 17.9 Å². The lowest BCUT2D eigenvalue weighted by Gasteiger charge is -2.24. The lowest BCUT2D eigenvalue weighted by molar-refractivity contribution is -0.131. The quantitative estimate of drug-likeness (QED) is 0.918. The van der Waals surface area contributed by atoms with E-state index in [1.54, 1.807) is 24.3 Å². The zero-order chi connectivity index (χ0) is 14.7. The summed E-state index contributed by atoms with van der Waals surface area (Å²) in [5.41, 5.74) is 0.820. The summed E-state index contributed by atoms with van der Waals surface area (Å²) in [7, 11) is 0. The van der Waals surface area contributed by atoms with E-state index in [1.165, 1.54) is 0 Å². The third kappa shape index (κ3) is 3.00. The molecule has 1 heterocycles. The van der Waals surface area contributed by atoms with Gasteiger partial charge < -0.3 is 10.0 Å². The van der Waals surface area contributed by atoms with Crippen LogP contribution >= 0.6 is 0 Å². The summed E-state index contributed by atoms with van der Waals surface area (Å²) < 4.78 is 0. The van der Waals surface area contributed by atoms with Gasteiger partial charge in [-0.2, -0.15) is 0 Å². The zero-order valence-corrected chi connectivity index (χ0v) is 12.0. The molecule has 1 aliphatic rings. The van der Waals surface area contributed by atoms with Crippen molar-refractivity contribution in [3.05, 3.63) is 35.4 Å². The molecule has 0 bridgehead atoms. The molecule has 1 aromatic carbocycles. The van der Waals surface area contributed by atoms with Gasteiger partial charge in [0, 0.05) is 12.6 Å². The molecule has 0 aromatic heterocycles. The first-order valence-electron chi connectivity index (χ1n) is 7.13. The SMILES string of the molecule is CCC1CC(C)CN1C(=O)Cc1ccccc1C(=O)O. The van der Waals surface area contributed by atoms with Crippen molar-refractivity contribution >= 4 is 11.9 Å². The predicted molar refractivity (Wildman–Crippen MR) is 76.7 cm³/mol. The zero-order valence-electron chi connectivity index (χ0n) is 12.0. The molecule has 20 heavy (non-hydrogen) atoms. The molecule has 0 spiro atoms. The normalized spacial score (nSPS) is 22.0. The minimum atomic E-state index is -0.977. The molecule has 1 saturated heterocycles. The van der Waals surface area contributed by atoms with E-state index >= 15 is 0 Å². The van der Waals surface area contributed by atoms with Gasteiger partial charge in [0.15, 0.2) is 0 Å².